The zero-order valence-corrected chi connectivity index (χ0v) is 16.3. The van der Waals surface area contributed by atoms with Gasteiger partial charge in [-0.05, 0) is 56.7 Å². The Labute approximate surface area is 161 Å². The number of fused-ring (bicyclic) bond motifs is 1. The summed E-state index contributed by atoms with van der Waals surface area (Å²) in [6, 6.07) is 5.84. The summed E-state index contributed by atoms with van der Waals surface area (Å²) < 4.78 is 10.9. The van der Waals surface area contributed by atoms with Crippen molar-refractivity contribution in [3.63, 3.8) is 0 Å². The Balaban J connectivity index is 1.27. The molecule has 3 aliphatic heterocycles. The smallest absolute Gasteiger partial charge is 0.317 e. The van der Waals surface area contributed by atoms with Crippen molar-refractivity contribution in [3.8, 4) is 11.5 Å². The Morgan fingerprint density at radius 1 is 1.19 bits per heavy atom. The van der Waals surface area contributed by atoms with E-state index >= 15 is 0 Å². The molecule has 1 aromatic carbocycles. The molecule has 3 heterocycles. The third-order valence-corrected chi connectivity index (χ3v) is 6.11. The minimum Gasteiger partial charge on any atom is -0.454 e. The van der Waals surface area contributed by atoms with E-state index < -0.39 is 0 Å². The van der Waals surface area contributed by atoms with Crippen molar-refractivity contribution in [3.05, 3.63) is 23.8 Å². The predicted molar refractivity (Wildman–Crippen MR) is 104 cm³/mol. The highest BCUT2D eigenvalue weighted by atomic mass is 16.7. The van der Waals surface area contributed by atoms with Gasteiger partial charge in [0.05, 0.1) is 0 Å². The van der Waals surface area contributed by atoms with Crippen molar-refractivity contribution in [1.82, 2.24) is 15.1 Å². The van der Waals surface area contributed by atoms with Crippen LogP contribution in [-0.4, -0.2) is 55.3 Å². The fourth-order valence-electron chi connectivity index (χ4n) is 4.42. The second kappa shape index (κ2) is 8.38. The van der Waals surface area contributed by atoms with Gasteiger partial charge in [-0.2, -0.15) is 0 Å². The maximum atomic E-state index is 12.7. The molecule has 0 saturated carbocycles. The minimum atomic E-state index is 0.0310. The molecule has 6 nitrogen and oxygen atoms in total. The first-order valence-corrected chi connectivity index (χ1v) is 10.3. The summed E-state index contributed by atoms with van der Waals surface area (Å²) in [6.45, 7) is 8.35. The summed E-state index contributed by atoms with van der Waals surface area (Å²) in [4.78, 5) is 17.3. The molecule has 27 heavy (non-hydrogen) atoms. The molecule has 0 aliphatic carbocycles. The molecule has 148 valence electrons. The maximum absolute atomic E-state index is 12.7. The van der Waals surface area contributed by atoms with Crippen LogP contribution in [0.25, 0.3) is 0 Å². The lowest BCUT2D eigenvalue weighted by molar-refractivity contribution is 0.120. The molecular formula is C21H31N3O3. The summed E-state index contributed by atoms with van der Waals surface area (Å²) >= 11 is 0. The van der Waals surface area contributed by atoms with E-state index in [9.17, 15) is 4.79 Å². The van der Waals surface area contributed by atoms with Crippen LogP contribution in [0.2, 0.25) is 0 Å². The van der Waals surface area contributed by atoms with E-state index in [0.717, 1.165) is 49.0 Å². The second-order valence-electron chi connectivity index (χ2n) is 8.25. The number of nitrogens with zero attached hydrogens (tertiary/aromatic N) is 2. The standard InChI is InChI=1S/C21H31N3O3/c1-16-7-10-23(11-8-16)13-17-4-3-9-24(14-17)21(25)22-12-18-5-2-6-19-20(18)27-15-26-19/h2,5-6,16-17H,3-4,7-15H2,1H3,(H,22,25). The average Bonchev–Trinajstić information content (AvgIpc) is 3.17. The Kier molecular flexibility index (Phi) is 5.72. The van der Waals surface area contributed by atoms with Gasteiger partial charge in [-0.25, -0.2) is 4.79 Å². The lowest BCUT2D eigenvalue weighted by Crippen LogP contribution is -2.48. The zero-order chi connectivity index (χ0) is 18.6. The molecule has 1 unspecified atom stereocenters. The van der Waals surface area contributed by atoms with Crippen LogP contribution in [0, 0.1) is 11.8 Å². The fourth-order valence-corrected chi connectivity index (χ4v) is 4.42. The van der Waals surface area contributed by atoms with Crippen LogP contribution in [0.15, 0.2) is 18.2 Å². The number of likely N-dealkylation sites (tertiary alicyclic amines) is 2. The van der Waals surface area contributed by atoms with E-state index in [4.69, 9.17) is 9.47 Å². The molecule has 2 fully saturated rings. The van der Waals surface area contributed by atoms with E-state index in [1.165, 1.54) is 32.4 Å². The number of rotatable bonds is 4. The Morgan fingerprint density at radius 3 is 2.89 bits per heavy atom. The van der Waals surface area contributed by atoms with E-state index in [1.807, 2.05) is 23.1 Å². The SMILES string of the molecule is CC1CCN(CC2CCCN(C(=O)NCc3cccc4c3OCO4)C2)CC1. The summed E-state index contributed by atoms with van der Waals surface area (Å²) in [5.41, 5.74) is 0.967. The van der Waals surface area contributed by atoms with Crippen molar-refractivity contribution in [1.29, 1.82) is 0 Å². The van der Waals surface area contributed by atoms with Gasteiger partial charge in [0, 0.05) is 31.7 Å². The monoisotopic (exact) mass is 373 g/mol. The molecule has 0 radical (unpaired) electrons. The number of carbonyl (C=O) groups excluding carboxylic acids is 1. The van der Waals surface area contributed by atoms with E-state index in [-0.39, 0.29) is 12.8 Å². The van der Waals surface area contributed by atoms with Gasteiger partial charge in [0.15, 0.2) is 11.5 Å². The minimum absolute atomic E-state index is 0.0310. The van der Waals surface area contributed by atoms with Gasteiger partial charge >= 0.3 is 6.03 Å². The molecule has 2 saturated heterocycles. The van der Waals surface area contributed by atoms with Gasteiger partial charge in [-0.15, -0.1) is 0 Å². The van der Waals surface area contributed by atoms with Crippen molar-refractivity contribution in [2.45, 2.75) is 39.2 Å². The van der Waals surface area contributed by atoms with Crippen LogP contribution >= 0.6 is 0 Å². The number of hydrogen-bond donors (Lipinski definition) is 1. The number of hydrogen-bond acceptors (Lipinski definition) is 4. The van der Waals surface area contributed by atoms with Gasteiger partial charge in [-0.1, -0.05) is 19.1 Å². The summed E-state index contributed by atoms with van der Waals surface area (Å²) in [5, 5.41) is 3.07. The highest BCUT2D eigenvalue weighted by molar-refractivity contribution is 5.74. The molecule has 1 N–H and O–H groups in total. The third kappa shape index (κ3) is 4.49. The second-order valence-corrected chi connectivity index (χ2v) is 8.25. The first kappa shape index (κ1) is 18.4. The number of carbonyl (C=O) groups is 1. The molecule has 1 aromatic rings. The predicted octanol–water partition coefficient (Wildman–Crippen LogP) is 3.07. The van der Waals surface area contributed by atoms with Crippen LogP contribution in [0.3, 0.4) is 0 Å². The molecule has 6 heteroatoms. The normalized spacial score (nSPS) is 23.4. The number of piperidine rings is 2. The number of benzene rings is 1. The van der Waals surface area contributed by atoms with Crippen molar-refractivity contribution in [2.24, 2.45) is 11.8 Å². The summed E-state index contributed by atoms with van der Waals surface area (Å²) in [6.07, 6.45) is 4.95. The molecule has 4 rings (SSSR count). The number of ether oxygens (including phenoxy) is 2. The molecule has 0 aromatic heterocycles. The van der Waals surface area contributed by atoms with Gasteiger partial charge < -0.3 is 24.6 Å². The summed E-state index contributed by atoms with van der Waals surface area (Å²) in [7, 11) is 0. The Bertz CT molecular complexity index is 658. The van der Waals surface area contributed by atoms with Crippen LogP contribution < -0.4 is 14.8 Å². The van der Waals surface area contributed by atoms with Crippen molar-refractivity contribution >= 4 is 6.03 Å². The fraction of sp³-hybridized carbons (Fsp3) is 0.667. The molecule has 3 aliphatic rings. The molecular weight excluding hydrogens is 342 g/mol. The van der Waals surface area contributed by atoms with Gasteiger partial charge in [0.2, 0.25) is 6.79 Å². The lowest BCUT2D eigenvalue weighted by Gasteiger charge is -2.37. The van der Waals surface area contributed by atoms with Crippen LogP contribution in [0.1, 0.15) is 38.2 Å². The van der Waals surface area contributed by atoms with E-state index in [0.29, 0.717) is 12.5 Å². The summed E-state index contributed by atoms with van der Waals surface area (Å²) in [5.74, 6) is 2.98. The highest BCUT2D eigenvalue weighted by Gasteiger charge is 2.27. The van der Waals surface area contributed by atoms with Crippen molar-refractivity contribution in [2.75, 3.05) is 39.5 Å². The van der Waals surface area contributed by atoms with Crippen LogP contribution in [0.5, 0.6) is 11.5 Å². The molecule has 0 spiro atoms. The zero-order valence-electron chi connectivity index (χ0n) is 16.3. The largest absolute Gasteiger partial charge is 0.454 e. The van der Waals surface area contributed by atoms with Gasteiger partial charge in [-0.3, -0.25) is 0 Å². The lowest BCUT2D eigenvalue weighted by atomic mass is 9.94. The van der Waals surface area contributed by atoms with Crippen LogP contribution in [0.4, 0.5) is 4.79 Å². The van der Waals surface area contributed by atoms with Crippen LogP contribution in [-0.2, 0) is 6.54 Å². The van der Waals surface area contributed by atoms with Crippen molar-refractivity contribution < 1.29 is 14.3 Å². The first-order chi connectivity index (χ1) is 13.2. The van der Waals surface area contributed by atoms with E-state index in [1.54, 1.807) is 0 Å². The average molecular weight is 373 g/mol. The number of amides is 2. The maximum Gasteiger partial charge on any atom is 0.317 e. The molecule has 1 atom stereocenters. The third-order valence-electron chi connectivity index (χ3n) is 6.11. The number of nitrogens with one attached hydrogen (secondary N) is 1. The van der Waals surface area contributed by atoms with Gasteiger partial charge in [0.25, 0.3) is 0 Å². The number of para-hydroxylation sites is 1. The first-order valence-electron chi connectivity index (χ1n) is 10.3. The highest BCUT2D eigenvalue weighted by Crippen LogP contribution is 2.35. The Morgan fingerprint density at radius 2 is 2.04 bits per heavy atom. The van der Waals surface area contributed by atoms with Gasteiger partial charge in [0.1, 0.15) is 0 Å². The number of urea groups is 1. The quantitative estimate of drug-likeness (QED) is 0.881. The Hall–Kier alpha value is -1.95. The molecule has 0 bridgehead atoms. The molecule has 2 amide bonds. The topological polar surface area (TPSA) is 54.0 Å². The van der Waals surface area contributed by atoms with E-state index in [2.05, 4.69) is 17.1 Å².